The number of thioether (sulfide) groups is 1. The second kappa shape index (κ2) is 15.7. The van der Waals surface area contributed by atoms with Crippen LogP contribution in [0.25, 0.3) is 0 Å². The summed E-state index contributed by atoms with van der Waals surface area (Å²) >= 11 is 13.8. The van der Waals surface area contributed by atoms with Crippen LogP contribution in [0.15, 0.2) is 76.5 Å². The quantitative estimate of drug-likeness (QED) is 0.194. The maximum Gasteiger partial charge on any atom is 0.264 e. The lowest BCUT2D eigenvalue weighted by molar-refractivity contribution is -0.139. The monoisotopic (exact) mass is 665 g/mol. The first-order chi connectivity index (χ1) is 20.4. The van der Waals surface area contributed by atoms with Gasteiger partial charge in [-0.1, -0.05) is 48.3 Å². The number of nitrogens with one attached hydrogen (secondary N) is 1. The molecule has 3 aromatic rings. The fourth-order valence-corrected chi connectivity index (χ4v) is 6.37. The van der Waals surface area contributed by atoms with Crippen LogP contribution in [0.5, 0.6) is 5.75 Å². The highest BCUT2D eigenvalue weighted by molar-refractivity contribution is 7.98. The Bertz CT molecular complexity index is 1520. The summed E-state index contributed by atoms with van der Waals surface area (Å²) in [5.74, 6) is -0.645. The van der Waals surface area contributed by atoms with Crippen molar-refractivity contribution in [3.63, 3.8) is 0 Å². The van der Waals surface area contributed by atoms with Gasteiger partial charge in [-0.25, -0.2) is 8.42 Å². The van der Waals surface area contributed by atoms with Crippen LogP contribution in [0.4, 0.5) is 5.69 Å². The van der Waals surface area contributed by atoms with E-state index in [1.54, 1.807) is 68.4 Å². The van der Waals surface area contributed by atoms with Crippen LogP contribution in [0.1, 0.15) is 39.7 Å². The Morgan fingerprint density at radius 1 is 0.977 bits per heavy atom. The van der Waals surface area contributed by atoms with Gasteiger partial charge in [-0.15, -0.1) is 11.8 Å². The molecule has 3 rings (SSSR count). The molecule has 12 heteroatoms. The number of nitrogens with zero attached hydrogens (tertiary/aromatic N) is 2. The predicted molar refractivity (Wildman–Crippen MR) is 175 cm³/mol. The lowest BCUT2D eigenvalue weighted by Gasteiger charge is -2.33. The summed E-state index contributed by atoms with van der Waals surface area (Å²) in [6, 6.07) is 17.0. The number of carbonyl (C=O) groups is 2. The minimum atomic E-state index is -4.25. The van der Waals surface area contributed by atoms with Crippen LogP contribution in [0.2, 0.25) is 10.0 Å². The van der Waals surface area contributed by atoms with Gasteiger partial charge in [-0.3, -0.25) is 13.9 Å². The van der Waals surface area contributed by atoms with E-state index >= 15 is 0 Å². The van der Waals surface area contributed by atoms with Gasteiger partial charge >= 0.3 is 0 Å². The van der Waals surface area contributed by atoms with Crippen molar-refractivity contribution in [1.82, 2.24) is 10.2 Å². The predicted octanol–water partition coefficient (Wildman–Crippen LogP) is 6.64. The van der Waals surface area contributed by atoms with Crippen molar-refractivity contribution in [2.45, 2.75) is 62.5 Å². The van der Waals surface area contributed by atoms with E-state index in [2.05, 4.69) is 5.32 Å². The lowest BCUT2D eigenvalue weighted by atomic mass is 10.1. The van der Waals surface area contributed by atoms with Crippen molar-refractivity contribution in [1.29, 1.82) is 0 Å². The van der Waals surface area contributed by atoms with Crippen LogP contribution in [-0.4, -0.2) is 56.6 Å². The third-order valence-electron chi connectivity index (χ3n) is 6.87. The molecule has 0 saturated heterocycles. The van der Waals surface area contributed by atoms with Crippen LogP contribution < -0.4 is 14.4 Å². The molecule has 2 atom stereocenters. The summed E-state index contributed by atoms with van der Waals surface area (Å²) < 4.78 is 35.1. The maximum atomic E-state index is 14.2. The average Bonchev–Trinajstić information content (AvgIpc) is 3.00. The molecule has 43 heavy (non-hydrogen) atoms. The molecule has 0 aliphatic rings. The SMILES string of the molecule is CCOc1ccccc1N(CC(=O)N(Cc1ccc(Cl)c(Cl)c1)[C@H](C)C(=O)N[C@H](C)CC)S(=O)(=O)c1ccc(SC)cc1. The number of halogens is 2. The van der Waals surface area contributed by atoms with E-state index in [1.165, 1.54) is 28.8 Å². The number of amides is 2. The summed E-state index contributed by atoms with van der Waals surface area (Å²) in [5.41, 5.74) is 0.834. The molecule has 0 aliphatic heterocycles. The number of sulfonamides is 1. The number of carbonyl (C=O) groups excluding carboxylic acids is 2. The van der Waals surface area contributed by atoms with E-state index in [4.69, 9.17) is 27.9 Å². The molecule has 2 amide bonds. The Balaban J connectivity index is 2.09. The Morgan fingerprint density at radius 2 is 1.65 bits per heavy atom. The number of anilines is 1. The molecule has 232 valence electrons. The highest BCUT2D eigenvalue weighted by Gasteiger charge is 2.34. The number of ether oxygens (including phenoxy) is 1. The normalized spacial score (nSPS) is 12.7. The van der Waals surface area contributed by atoms with Crippen molar-refractivity contribution in [2.24, 2.45) is 0 Å². The zero-order valence-electron chi connectivity index (χ0n) is 24.8. The number of para-hydroxylation sites is 2. The Labute approximate surface area is 268 Å². The van der Waals surface area contributed by atoms with Crippen LogP contribution >= 0.6 is 35.0 Å². The minimum Gasteiger partial charge on any atom is -0.492 e. The Kier molecular flexibility index (Phi) is 12.6. The van der Waals surface area contributed by atoms with Crippen molar-refractivity contribution in [3.8, 4) is 5.75 Å². The molecule has 0 fully saturated rings. The standard InChI is InChI=1S/C31H37Cl2N3O5S2/c1-6-21(3)34-31(38)22(4)35(19-23-12-17-26(32)27(33)18-23)30(37)20-36(28-10-8-9-11-29(28)41-7-2)43(39,40)25-15-13-24(42-5)14-16-25/h8-18,21-22H,6-7,19-20H2,1-5H3,(H,34,38)/t21-,22-/m1/s1. The molecule has 0 saturated carbocycles. The second-order valence-corrected chi connectivity index (χ2v) is 13.4. The van der Waals surface area contributed by atoms with Gasteiger partial charge in [0.25, 0.3) is 10.0 Å². The van der Waals surface area contributed by atoms with E-state index < -0.39 is 28.5 Å². The molecule has 0 bridgehead atoms. The summed E-state index contributed by atoms with van der Waals surface area (Å²) in [5, 5.41) is 3.56. The topological polar surface area (TPSA) is 96.0 Å². The largest absolute Gasteiger partial charge is 0.492 e. The number of hydrogen-bond donors (Lipinski definition) is 1. The van der Waals surface area contributed by atoms with Gasteiger partial charge in [0.1, 0.15) is 18.3 Å². The van der Waals surface area contributed by atoms with Gasteiger partial charge in [0.2, 0.25) is 11.8 Å². The molecule has 0 heterocycles. The van der Waals surface area contributed by atoms with Crippen molar-refractivity contribution < 1.29 is 22.7 Å². The van der Waals surface area contributed by atoms with Crippen LogP contribution in [-0.2, 0) is 26.2 Å². The third kappa shape index (κ3) is 8.81. The first kappa shape index (κ1) is 34.6. The Morgan fingerprint density at radius 3 is 2.26 bits per heavy atom. The average molecular weight is 667 g/mol. The van der Waals surface area contributed by atoms with E-state index in [0.29, 0.717) is 27.8 Å². The molecule has 0 spiro atoms. The van der Waals surface area contributed by atoms with E-state index in [-0.39, 0.29) is 35.7 Å². The van der Waals surface area contributed by atoms with E-state index in [9.17, 15) is 18.0 Å². The molecule has 0 aromatic heterocycles. The van der Waals surface area contributed by atoms with Gasteiger partial charge in [0.15, 0.2) is 0 Å². The molecule has 1 N–H and O–H groups in total. The first-order valence-corrected chi connectivity index (χ1v) is 17.3. The van der Waals surface area contributed by atoms with Crippen LogP contribution in [0, 0.1) is 0 Å². The molecule has 3 aromatic carbocycles. The molecule has 8 nitrogen and oxygen atoms in total. The maximum absolute atomic E-state index is 14.2. The number of rotatable bonds is 14. The highest BCUT2D eigenvalue weighted by Crippen LogP contribution is 2.33. The number of benzene rings is 3. The smallest absolute Gasteiger partial charge is 0.264 e. The summed E-state index contributed by atoms with van der Waals surface area (Å²) in [4.78, 5) is 29.7. The fourth-order valence-electron chi connectivity index (χ4n) is 4.21. The Hall–Kier alpha value is -2.92. The van der Waals surface area contributed by atoms with E-state index in [0.717, 1.165) is 9.20 Å². The third-order valence-corrected chi connectivity index (χ3v) is 10.1. The molecular weight excluding hydrogens is 629 g/mol. The lowest BCUT2D eigenvalue weighted by Crippen LogP contribution is -2.52. The summed E-state index contributed by atoms with van der Waals surface area (Å²) in [6.45, 7) is 6.92. The zero-order chi connectivity index (χ0) is 31.7. The molecule has 0 unspecified atom stereocenters. The van der Waals surface area contributed by atoms with Gasteiger partial charge in [0.05, 0.1) is 27.2 Å². The molecule has 0 aliphatic carbocycles. The summed E-state index contributed by atoms with van der Waals surface area (Å²) in [6.07, 6.45) is 2.60. The highest BCUT2D eigenvalue weighted by atomic mass is 35.5. The van der Waals surface area contributed by atoms with Crippen LogP contribution in [0.3, 0.4) is 0 Å². The second-order valence-electron chi connectivity index (χ2n) is 9.85. The fraction of sp³-hybridized carbons (Fsp3) is 0.355. The molecular formula is C31H37Cl2N3O5S2. The van der Waals surface area contributed by atoms with Crippen molar-refractivity contribution in [3.05, 3.63) is 82.3 Å². The minimum absolute atomic E-state index is 0.00572. The van der Waals surface area contributed by atoms with Gasteiger partial charge < -0.3 is 15.0 Å². The van der Waals surface area contributed by atoms with E-state index in [1.807, 2.05) is 20.1 Å². The van der Waals surface area contributed by atoms with Gasteiger partial charge in [-0.2, -0.15) is 0 Å². The number of hydrogen-bond acceptors (Lipinski definition) is 6. The van der Waals surface area contributed by atoms with Crippen molar-refractivity contribution in [2.75, 3.05) is 23.7 Å². The van der Waals surface area contributed by atoms with Gasteiger partial charge in [0, 0.05) is 17.5 Å². The first-order valence-electron chi connectivity index (χ1n) is 13.8. The summed E-state index contributed by atoms with van der Waals surface area (Å²) in [7, 11) is -4.25. The van der Waals surface area contributed by atoms with Gasteiger partial charge in [-0.05, 0) is 87.5 Å². The zero-order valence-corrected chi connectivity index (χ0v) is 28.0. The van der Waals surface area contributed by atoms with Crippen molar-refractivity contribution >= 4 is 62.5 Å². The molecule has 0 radical (unpaired) electrons.